The Balaban J connectivity index is 1.69. The third-order valence-electron chi connectivity index (χ3n) is 4.23. The van der Waals surface area contributed by atoms with Gasteiger partial charge in [0.15, 0.2) is 0 Å². The fourth-order valence-corrected chi connectivity index (χ4v) is 3.31. The molecule has 1 atom stereocenters. The fourth-order valence-electron chi connectivity index (χ4n) is 2.73. The van der Waals surface area contributed by atoms with Crippen LogP contribution < -0.4 is 5.32 Å². The van der Waals surface area contributed by atoms with Gasteiger partial charge in [-0.05, 0) is 42.9 Å². The van der Waals surface area contributed by atoms with Gasteiger partial charge in [0.05, 0.1) is 0 Å². The molecule has 3 rings (SSSR count). The monoisotopic (exact) mass is 295 g/mol. The van der Waals surface area contributed by atoms with Crippen molar-refractivity contribution in [3.05, 3.63) is 33.8 Å². The molecule has 1 aromatic rings. The molecule has 0 aromatic heterocycles. The molecular formula is C14H18BrNO. The number of hydrogen-bond acceptors (Lipinski definition) is 2. The minimum Gasteiger partial charge on any atom is -0.396 e. The molecule has 0 bridgehead atoms. The summed E-state index contributed by atoms with van der Waals surface area (Å²) < 4.78 is 1.24. The molecule has 2 N–H and O–H groups in total. The van der Waals surface area contributed by atoms with Gasteiger partial charge in [-0.2, -0.15) is 0 Å². The zero-order valence-corrected chi connectivity index (χ0v) is 11.5. The summed E-state index contributed by atoms with van der Waals surface area (Å²) in [7, 11) is 0. The van der Waals surface area contributed by atoms with Crippen molar-refractivity contribution in [1.29, 1.82) is 0 Å². The number of halogens is 1. The molecule has 1 unspecified atom stereocenters. The first-order chi connectivity index (χ1) is 8.24. The van der Waals surface area contributed by atoms with E-state index in [0.717, 1.165) is 13.0 Å². The van der Waals surface area contributed by atoms with Crippen molar-refractivity contribution in [2.24, 2.45) is 5.41 Å². The summed E-state index contributed by atoms with van der Waals surface area (Å²) >= 11 is 3.62. The third kappa shape index (κ3) is 2.16. The predicted octanol–water partition coefficient (Wildman–Crippen LogP) is 2.80. The summed E-state index contributed by atoms with van der Waals surface area (Å²) in [5.74, 6) is 0. The Morgan fingerprint density at radius 1 is 1.41 bits per heavy atom. The average Bonchev–Trinajstić information content (AvgIpc) is 3.01. The highest BCUT2D eigenvalue weighted by molar-refractivity contribution is 9.10. The molecule has 0 saturated heterocycles. The van der Waals surface area contributed by atoms with E-state index in [1.165, 1.54) is 34.9 Å². The molecule has 92 valence electrons. The van der Waals surface area contributed by atoms with Crippen molar-refractivity contribution < 1.29 is 5.11 Å². The van der Waals surface area contributed by atoms with Crippen LogP contribution in [-0.4, -0.2) is 18.3 Å². The topological polar surface area (TPSA) is 32.3 Å². The maximum Gasteiger partial charge on any atom is 0.0499 e. The Morgan fingerprint density at radius 3 is 2.94 bits per heavy atom. The minimum absolute atomic E-state index is 0.203. The second kappa shape index (κ2) is 4.38. The van der Waals surface area contributed by atoms with Crippen molar-refractivity contribution in [3.8, 4) is 0 Å². The molecule has 1 saturated carbocycles. The second-order valence-electron chi connectivity index (χ2n) is 5.44. The van der Waals surface area contributed by atoms with E-state index in [0.29, 0.717) is 12.6 Å². The molecule has 3 heteroatoms. The zero-order valence-electron chi connectivity index (χ0n) is 9.88. The van der Waals surface area contributed by atoms with Gasteiger partial charge in [0.2, 0.25) is 0 Å². The molecule has 2 aliphatic rings. The number of aliphatic hydroxyl groups excluding tert-OH is 1. The van der Waals surface area contributed by atoms with Gasteiger partial charge in [-0.15, -0.1) is 0 Å². The number of nitrogens with one attached hydrogen (secondary N) is 1. The Bertz CT molecular complexity index is 428. The van der Waals surface area contributed by atoms with Gasteiger partial charge in [-0.25, -0.2) is 0 Å². The highest BCUT2D eigenvalue weighted by Crippen LogP contribution is 2.45. The SMILES string of the molecule is OCC1(CNC2CCc3c(Br)cccc32)CC1. The van der Waals surface area contributed by atoms with Crippen molar-refractivity contribution in [2.45, 2.75) is 31.7 Å². The smallest absolute Gasteiger partial charge is 0.0499 e. The number of hydrogen-bond donors (Lipinski definition) is 2. The Kier molecular flexibility index (Phi) is 3.01. The second-order valence-corrected chi connectivity index (χ2v) is 6.29. The molecule has 17 heavy (non-hydrogen) atoms. The lowest BCUT2D eigenvalue weighted by atomic mass is 10.1. The number of benzene rings is 1. The van der Waals surface area contributed by atoms with Gasteiger partial charge in [0.1, 0.15) is 0 Å². The molecular weight excluding hydrogens is 278 g/mol. The van der Waals surface area contributed by atoms with E-state index in [4.69, 9.17) is 0 Å². The maximum absolute atomic E-state index is 9.32. The average molecular weight is 296 g/mol. The van der Waals surface area contributed by atoms with Crippen LogP contribution in [0, 0.1) is 5.41 Å². The van der Waals surface area contributed by atoms with Crippen LogP contribution in [0.15, 0.2) is 22.7 Å². The number of rotatable bonds is 4. The van der Waals surface area contributed by atoms with E-state index in [-0.39, 0.29) is 5.41 Å². The molecule has 2 aliphatic carbocycles. The third-order valence-corrected chi connectivity index (χ3v) is 4.97. The molecule has 0 radical (unpaired) electrons. The van der Waals surface area contributed by atoms with Crippen molar-refractivity contribution in [1.82, 2.24) is 5.32 Å². The normalized spacial score (nSPS) is 24.7. The summed E-state index contributed by atoms with van der Waals surface area (Å²) in [5, 5.41) is 13.0. The maximum atomic E-state index is 9.32. The van der Waals surface area contributed by atoms with Gasteiger partial charge in [0, 0.05) is 29.1 Å². The summed E-state index contributed by atoms with van der Waals surface area (Å²) in [6, 6.07) is 6.94. The van der Waals surface area contributed by atoms with Gasteiger partial charge < -0.3 is 10.4 Å². The minimum atomic E-state index is 0.203. The van der Waals surface area contributed by atoms with Crippen LogP contribution >= 0.6 is 15.9 Å². The molecule has 0 amide bonds. The van der Waals surface area contributed by atoms with Crippen molar-refractivity contribution in [3.63, 3.8) is 0 Å². The van der Waals surface area contributed by atoms with E-state index < -0.39 is 0 Å². The lowest BCUT2D eigenvalue weighted by Crippen LogP contribution is -2.29. The first-order valence-electron chi connectivity index (χ1n) is 6.36. The number of aliphatic hydroxyl groups is 1. The summed E-state index contributed by atoms with van der Waals surface area (Å²) in [6.45, 7) is 1.29. The highest BCUT2D eigenvalue weighted by atomic mass is 79.9. The van der Waals surface area contributed by atoms with Gasteiger partial charge in [-0.3, -0.25) is 0 Å². The number of fused-ring (bicyclic) bond motifs is 1. The molecule has 0 aliphatic heterocycles. The van der Waals surface area contributed by atoms with E-state index in [9.17, 15) is 5.11 Å². The van der Waals surface area contributed by atoms with Crippen LogP contribution in [0.5, 0.6) is 0 Å². The van der Waals surface area contributed by atoms with Crippen LogP contribution in [0.4, 0.5) is 0 Å². The first-order valence-corrected chi connectivity index (χ1v) is 7.15. The van der Waals surface area contributed by atoms with Crippen LogP contribution in [0.3, 0.4) is 0 Å². The van der Waals surface area contributed by atoms with E-state index in [1.807, 2.05) is 0 Å². The standard InChI is InChI=1S/C14H18BrNO/c15-12-3-1-2-11-10(12)4-5-13(11)16-8-14(9-17)6-7-14/h1-3,13,16-17H,4-9H2. The summed E-state index contributed by atoms with van der Waals surface area (Å²) in [4.78, 5) is 0. The Morgan fingerprint density at radius 2 is 2.24 bits per heavy atom. The summed E-state index contributed by atoms with van der Waals surface area (Å²) in [6.07, 6.45) is 4.68. The molecule has 1 aromatic carbocycles. The quantitative estimate of drug-likeness (QED) is 0.895. The molecule has 2 nitrogen and oxygen atoms in total. The Hall–Kier alpha value is -0.380. The molecule has 0 heterocycles. The summed E-state index contributed by atoms with van der Waals surface area (Å²) in [5.41, 5.74) is 3.10. The van der Waals surface area contributed by atoms with Crippen LogP contribution in [0.1, 0.15) is 36.4 Å². The van der Waals surface area contributed by atoms with Crippen LogP contribution in [0.25, 0.3) is 0 Å². The van der Waals surface area contributed by atoms with E-state index >= 15 is 0 Å². The van der Waals surface area contributed by atoms with Gasteiger partial charge in [-0.1, -0.05) is 28.1 Å². The van der Waals surface area contributed by atoms with E-state index in [2.05, 4.69) is 39.4 Å². The molecule has 1 fully saturated rings. The van der Waals surface area contributed by atoms with Crippen LogP contribution in [-0.2, 0) is 6.42 Å². The lowest BCUT2D eigenvalue weighted by Gasteiger charge is -2.18. The largest absolute Gasteiger partial charge is 0.396 e. The van der Waals surface area contributed by atoms with Gasteiger partial charge >= 0.3 is 0 Å². The first kappa shape index (κ1) is 11.7. The Labute approximate surface area is 111 Å². The predicted molar refractivity (Wildman–Crippen MR) is 72.0 cm³/mol. The molecule has 0 spiro atoms. The highest BCUT2D eigenvalue weighted by Gasteiger charge is 2.42. The lowest BCUT2D eigenvalue weighted by molar-refractivity contribution is 0.204. The van der Waals surface area contributed by atoms with Crippen LogP contribution in [0.2, 0.25) is 0 Å². The van der Waals surface area contributed by atoms with Crippen molar-refractivity contribution in [2.75, 3.05) is 13.2 Å². The zero-order chi connectivity index (χ0) is 11.9. The van der Waals surface area contributed by atoms with Gasteiger partial charge in [0.25, 0.3) is 0 Å². The van der Waals surface area contributed by atoms with E-state index in [1.54, 1.807) is 0 Å². The van der Waals surface area contributed by atoms with Crippen molar-refractivity contribution >= 4 is 15.9 Å². The fraction of sp³-hybridized carbons (Fsp3) is 0.571.